The molecule has 0 radical (unpaired) electrons. The lowest BCUT2D eigenvalue weighted by molar-refractivity contribution is 0.358. The second-order valence-electron chi connectivity index (χ2n) is 4.17. The van der Waals surface area contributed by atoms with Gasteiger partial charge in [0, 0.05) is 11.1 Å². The summed E-state index contributed by atoms with van der Waals surface area (Å²) < 4.78 is 5.49. The van der Waals surface area contributed by atoms with Gasteiger partial charge in [-0.3, -0.25) is 0 Å². The molecule has 0 amide bonds. The van der Waals surface area contributed by atoms with Crippen LogP contribution in [0.3, 0.4) is 0 Å². The van der Waals surface area contributed by atoms with Crippen LogP contribution in [-0.2, 0) is 6.42 Å². The number of nitrogens with two attached hydrogens (primary N) is 1. The third-order valence-electron chi connectivity index (χ3n) is 2.87. The topological polar surface area (TPSA) is 35.2 Å². The summed E-state index contributed by atoms with van der Waals surface area (Å²) in [5, 5.41) is 0.502. The van der Waals surface area contributed by atoms with Gasteiger partial charge < -0.3 is 10.5 Å². The van der Waals surface area contributed by atoms with Crippen molar-refractivity contribution in [3.8, 4) is 5.75 Å². The first-order valence-electron chi connectivity index (χ1n) is 5.51. The summed E-state index contributed by atoms with van der Waals surface area (Å²) in [6.07, 6.45) is 3.34. The van der Waals surface area contributed by atoms with Crippen molar-refractivity contribution in [2.45, 2.75) is 25.3 Å². The molecule has 2 nitrogen and oxygen atoms in total. The molecule has 1 aromatic carbocycles. The highest BCUT2D eigenvalue weighted by Gasteiger charge is 2.17. The lowest BCUT2D eigenvalue weighted by atomic mass is 9.88. The van der Waals surface area contributed by atoms with Crippen molar-refractivity contribution in [2.75, 3.05) is 6.61 Å². The first-order chi connectivity index (χ1) is 7.66. The van der Waals surface area contributed by atoms with E-state index < -0.39 is 0 Å². The molecule has 16 heavy (non-hydrogen) atoms. The molecule has 1 aromatic rings. The van der Waals surface area contributed by atoms with Gasteiger partial charge in [0.25, 0.3) is 0 Å². The maximum Gasteiger partial charge on any atom is 0.123 e. The highest BCUT2D eigenvalue weighted by molar-refractivity contribution is 6.29. The monoisotopic (exact) mass is 237 g/mol. The molecule has 3 heteroatoms. The Labute approximate surface area is 101 Å². The van der Waals surface area contributed by atoms with E-state index in [9.17, 15) is 0 Å². The van der Waals surface area contributed by atoms with Crippen LogP contribution in [0, 0.1) is 0 Å². The quantitative estimate of drug-likeness (QED) is 0.877. The third kappa shape index (κ3) is 2.57. The van der Waals surface area contributed by atoms with Crippen LogP contribution in [0.2, 0.25) is 0 Å². The summed E-state index contributed by atoms with van der Waals surface area (Å²) in [7, 11) is 0. The minimum absolute atomic E-state index is 0.145. The Morgan fingerprint density at radius 2 is 2.38 bits per heavy atom. The minimum atomic E-state index is 0.145. The Balaban J connectivity index is 2.17. The van der Waals surface area contributed by atoms with Crippen molar-refractivity contribution in [1.82, 2.24) is 0 Å². The van der Waals surface area contributed by atoms with E-state index in [1.54, 1.807) is 0 Å². The van der Waals surface area contributed by atoms with Gasteiger partial charge in [0.05, 0.1) is 0 Å². The number of benzene rings is 1. The number of halogens is 1. The zero-order valence-corrected chi connectivity index (χ0v) is 9.96. The van der Waals surface area contributed by atoms with Crippen molar-refractivity contribution in [3.05, 3.63) is 40.9 Å². The van der Waals surface area contributed by atoms with Crippen LogP contribution in [-0.4, -0.2) is 6.61 Å². The average Bonchev–Trinajstić information content (AvgIpc) is 2.27. The molecular formula is C13H16ClNO. The summed E-state index contributed by atoms with van der Waals surface area (Å²) in [6, 6.07) is 6.24. The molecule has 0 saturated heterocycles. The molecule has 0 saturated carbocycles. The number of aryl methyl sites for hydroxylation is 1. The third-order valence-corrected chi connectivity index (χ3v) is 2.98. The average molecular weight is 238 g/mol. The highest BCUT2D eigenvalue weighted by atomic mass is 35.5. The van der Waals surface area contributed by atoms with E-state index in [4.69, 9.17) is 22.1 Å². The number of hydrogen-bond donors (Lipinski definition) is 1. The van der Waals surface area contributed by atoms with E-state index in [1.807, 2.05) is 12.1 Å². The zero-order chi connectivity index (χ0) is 11.5. The van der Waals surface area contributed by atoms with Crippen molar-refractivity contribution in [3.63, 3.8) is 0 Å². The standard InChI is InChI=1S/C13H16ClNO/c1-9(14)8-16-11-6-5-10-3-2-4-13(15)12(10)7-11/h5-7,13H,1-4,8,15H2. The predicted octanol–water partition coefficient (Wildman–Crippen LogP) is 3.15. The van der Waals surface area contributed by atoms with Crippen LogP contribution >= 0.6 is 11.6 Å². The molecule has 2 rings (SSSR count). The molecule has 0 fully saturated rings. The normalized spacial score (nSPS) is 19.0. The fourth-order valence-corrected chi connectivity index (χ4v) is 2.12. The SMILES string of the molecule is C=C(Cl)COc1ccc2c(c1)C(N)CCC2. The molecule has 1 aliphatic carbocycles. The van der Waals surface area contributed by atoms with E-state index in [0.29, 0.717) is 11.6 Å². The Hall–Kier alpha value is -0.990. The summed E-state index contributed by atoms with van der Waals surface area (Å²) >= 11 is 5.66. The van der Waals surface area contributed by atoms with Crippen molar-refractivity contribution in [2.24, 2.45) is 5.73 Å². The van der Waals surface area contributed by atoms with Gasteiger partial charge in [-0.05, 0) is 42.5 Å². The van der Waals surface area contributed by atoms with Gasteiger partial charge in [-0.15, -0.1) is 0 Å². The van der Waals surface area contributed by atoms with Crippen LogP contribution in [0.15, 0.2) is 29.8 Å². The van der Waals surface area contributed by atoms with E-state index in [-0.39, 0.29) is 6.04 Å². The van der Waals surface area contributed by atoms with Crippen molar-refractivity contribution >= 4 is 11.6 Å². The second kappa shape index (κ2) is 4.89. The summed E-state index contributed by atoms with van der Waals surface area (Å²) in [6.45, 7) is 3.93. The molecule has 0 aromatic heterocycles. The molecule has 0 bridgehead atoms. The Bertz CT molecular complexity index is 403. The number of rotatable bonds is 3. The molecule has 0 aliphatic heterocycles. The first kappa shape index (κ1) is 11.5. The molecule has 0 heterocycles. The van der Waals surface area contributed by atoms with Gasteiger partial charge >= 0.3 is 0 Å². The number of hydrogen-bond acceptors (Lipinski definition) is 2. The maximum absolute atomic E-state index is 6.07. The van der Waals surface area contributed by atoms with Crippen LogP contribution in [0.5, 0.6) is 5.75 Å². The maximum atomic E-state index is 6.07. The van der Waals surface area contributed by atoms with E-state index in [2.05, 4.69) is 12.6 Å². The second-order valence-corrected chi connectivity index (χ2v) is 4.70. The smallest absolute Gasteiger partial charge is 0.123 e. The lowest BCUT2D eigenvalue weighted by Gasteiger charge is -2.22. The van der Waals surface area contributed by atoms with E-state index in [1.165, 1.54) is 17.5 Å². The molecule has 1 atom stereocenters. The van der Waals surface area contributed by atoms with Crippen LogP contribution in [0.25, 0.3) is 0 Å². The van der Waals surface area contributed by atoms with Gasteiger partial charge in [0.15, 0.2) is 0 Å². The molecule has 1 unspecified atom stereocenters. The molecular weight excluding hydrogens is 222 g/mol. The Morgan fingerprint density at radius 3 is 3.12 bits per heavy atom. The van der Waals surface area contributed by atoms with Gasteiger partial charge in [-0.1, -0.05) is 24.2 Å². The lowest BCUT2D eigenvalue weighted by Crippen LogP contribution is -2.17. The fourth-order valence-electron chi connectivity index (χ4n) is 2.07. The Morgan fingerprint density at radius 1 is 1.56 bits per heavy atom. The van der Waals surface area contributed by atoms with E-state index in [0.717, 1.165) is 18.6 Å². The van der Waals surface area contributed by atoms with Crippen LogP contribution < -0.4 is 10.5 Å². The van der Waals surface area contributed by atoms with Crippen LogP contribution in [0.1, 0.15) is 30.0 Å². The van der Waals surface area contributed by atoms with E-state index >= 15 is 0 Å². The predicted molar refractivity (Wildman–Crippen MR) is 66.8 cm³/mol. The van der Waals surface area contributed by atoms with Gasteiger partial charge in [-0.25, -0.2) is 0 Å². The van der Waals surface area contributed by atoms with Crippen LogP contribution in [0.4, 0.5) is 0 Å². The Kier molecular flexibility index (Phi) is 3.52. The largest absolute Gasteiger partial charge is 0.488 e. The minimum Gasteiger partial charge on any atom is -0.488 e. The first-order valence-corrected chi connectivity index (χ1v) is 5.89. The van der Waals surface area contributed by atoms with Gasteiger partial charge in [-0.2, -0.15) is 0 Å². The van der Waals surface area contributed by atoms with Gasteiger partial charge in [0.1, 0.15) is 12.4 Å². The molecule has 86 valence electrons. The van der Waals surface area contributed by atoms with Gasteiger partial charge in [0.2, 0.25) is 0 Å². The fraction of sp³-hybridized carbons (Fsp3) is 0.385. The highest BCUT2D eigenvalue weighted by Crippen LogP contribution is 2.30. The van der Waals surface area contributed by atoms with Crippen molar-refractivity contribution < 1.29 is 4.74 Å². The summed E-state index contributed by atoms with van der Waals surface area (Å²) in [5.41, 5.74) is 8.63. The molecule has 2 N–H and O–H groups in total. The number of ether oxygens (including phenoxy) is 1. The molecule has 0 spiro atoms. The summed E-state index contributed by atoms with van der Waals surface area (Å²) in [5.74, 6) is 0.818. The van der Waals surface area contributed by atoms with Crippen molar-refractivity contribution in [1.29, 1.82) is 0 Å². The summed E-state index contributed by atoms with van der Waals surface area (Å²) in [4.78, 5) is 0. The number of fused-ring (bicyclic) bond motifs is 1. The zero-order valence-electron chi connectivity index (χ0n) is 9.21. The molecule has 1 aliphatic rings.